The number of carbonyl (C=O) groups is 1. The number of carbonyl (C=O) groups excluding carboxylic acids is 1. The van der Waals surface area contributed by atoms with Crippen LogP contribution in [0.25, 0.3) is 0 Å². The Morgan fingerprint density at radius 1 is 1.00 bits per heavy atom. The topological polar surface area (TPSA) is 26.3 Å². The van der Waals surface area contributed by atoms with Crippen LogP contribution in [0.1, 0.15) is 84.5 Å². The lowest BCUT2D eigenvalue weighted by Gasteiger charge is -2.14. The van der Waals surface area contributed by atoms with Gasteiger partial charge in [0.25, 0.3) is 0 Å². The highest BCUT2D eigenvalue weighted by atomic mass is 16.5. The van der Waals surface area contributed by atoms with Crippen LogP contribution in [-0.2, 0) is 9.53 Å². The summed E-state index contributed by atoms with van der Waals surface area (Å²) < 4.78 is 5.60. The molecular formula is C17H32O2. The highest BCUT2D eigenvalue weighted by Gasteiger charge is 2.35. The molecule has 1 atom stereocenters. The minimum atomic E-state index is -0.0745. The third-order valence-electron chi connectivity index (χ3n) is 3.99. The lowest BCUT2D eigenvalue weighted by molar-refractivity contribution is -0.131. The molecule has 1 aliphatic rings. The number of hydrogen-bond acceptors (Lipinski definition) is 2. The second kappa shape index (κ2) is 10.4. The average Bonchev–Trinajstić information content (AvgIpc) is 3.23. The minimum Gasteiger partial charge on any atom is -0.370 e. The van der Waals surface area contributed by atoms with Crippen LogP contribution in [0.15, 0.2) is 0 Å². The molecule has 1 unspecified atom stereocenters. The Kier molecular flexibility index (Phi) is 9.15. The standard InChI is InChI=1S/C17H32O2/c1-3-5-6-7-8-9-10-11-12-16(18)17(19-4-2)15-13-14-15/h15,17H,3-14H2,1-2H3. The molecular weight excluding hydrogens is 236 g/mol. The van der Waals surface area contributed by atoms with E-state index in [0.717, 1.165) is 12.8 Å². The monoisotopic (exact) mass is 268 g/mol. The maximum Gasteiger partial charge on any atom is 0.161 e. The van der Waals surface area contributed by atoms with Crippen molar-refractivity contribution in [2.24, 2.45) is 5.92 Å². The molecule has 2 nitrogen and oxygen atoms in total. The van der Waals surface area contributed by atoms with Crippen molar-refractivity contribution in [3.05, 3.63) is 0 Å². The number of ether oxygens (including phenoxy) is 1. The Balaban J connectivity index is 1.97. The van der Waals surface area contributed by atoms with Crippen molar-refractivity contribution in [2.75, 3.05) is 6.61 Å². The first kappa shape index (κ1) is 16.7. The van der Waals surface area contributed by atoms with Crippen LogP contribution >= 0.6 is 0 Å². The smallest absolute Gasteiger partial charge is 0.161 e. The summed E-state index contributed by atoms with van der Waals surface area (Å²) in [7, 11) is 0. The van der Waals surface area contributed by atoms with E-state index in [-0.39, 0.29) is 6.10 Å². The van der Waals surface area contributed by atoms with Crippen LogP contribution in [0.4, 0.5) is 0 Å². The van der Waals surface area contributed by atoms with E-state index in [4.69, 9.17) is 4.74 Å². The van der Waals surface area contributed by atoms with Crippen LogP contribution in [0.2, 0.25) is 0 Å². The molecule has 0 aromatic rings. The minimum absolute atomic E-state index is 0.0745. The number of ketones is 1. The molecule has 1 fully saturated rings. The lowest BCUT2D eigenvalue weighted by Crippen LogP contribution is -2.26. The van der Waals surface area contributed by atoms with Gasteiger partial charge in [0, 0.05) is 13.0 Å². The van der Waals surface area contributed by atoms with E-state index in [0.29, 0.717) is 18.3 Å². The van der Waals surface area contributed by atoms with E-state index >= 15 is 0 Å². The summed E-state index contributed by atoms with van der Waals surface area (Å²) >= 11 is 0. The summed E-state index contributed by atoms with van der Waals surface area (Å²) in [6, 6.07) is 0. The zero-order valence-electron chi connectivity index (χ0n) is 13.0. The molecule has 0 aliphatic heterocycles. The lowest BCUT2D eigenvalue weighted by atomic mass is 10.0. The van der Waals surface area contributed by atoms with Crippen molar-refractivity contribution in [3.63, 3.8) is 0 Å². The maximum absolute atomic E-state index is 12.1. The molecule has 112 valence electrons. The molecule has 0 bridgehead atoms. The maximum atomic E-state index is 12.1. The fourth-order valence-corrected chi connectivity index (χ4v) is 2.65. The molecule has 0 heterocycles. The molecule has 0 radical (unpaired) electrons. The van der Waals surface area contributed by atoms with Gasteiger partial charge in [-0.05, 0) is 32.1 Å². The Hall–Kier alpha value is -0.370. The molecule has 1 aliphatic carbocycles. The van der Waals surface area contributed by atoms with E-state index in [1.54, 1.807) is 0 Å². The van der Waals surface area contributed by atoms with Crippen molar-refractivity contribution in [2.45, 2.75) is 90.6 Å². The fourth-order valence-electron chi connectivity index (χ4n) is 2.65. The second-order valence-corrected chi connectivity index (χ2v) is 5.90. The molecule has 0 amide bonds. The molecule has 1 saturated carbocycles. The van der Waals surface area contributed by atoms with E-state index < -0.39 is 0 Å². The van der Waals surface area contributed by atoms with E-state index in [2.05, 4.69) is 6.92 Å². The van der Waals surface area contributed by atoms with E-state index in [1.807, 2.05) is 6.92 Å². The van der Waals surface area contributed by atoms with Gasteiger partial charge in [0.1, 0.15) is 6.10 Å². The third kappa shape index (κ3) is 7.71. The van der Waals surface area contributed by atoms with Gasteiger partial charge in [0.2, 0.25) is 0 Å². The van der Waals surface area contributed by atoms with Gasteiger partial charge in [-0.25, -0.2) is 0 Å². The molecule has 0 N–H and O–H groups in total. The van der Waals surface area contributed by atoms with Gasteiger partial charge in [-0.1, -0.05) is 51.9 Å². The molecule has 0 spiro atoms. The predicted molar refractivity (Wildman–Crippen MR) is 80.4 cm³/mol. The Morgan fingerprint density at radius 2 is 1.58 bits per heavy atom. The van der Waals surface area contributed by atoms with Gasteiger partial charge in [0.05, 0.1) is 0 Å². The van der Waals surface area contributed by atoms with Gasteiger partial charge >= 0.3 is 0 Å². The molecule has 0 aromatic carbocycles. The fraction of sp³-hybridized carbons (Fsp3) is 0.941. The summed E-state index contributed by atoms with van der Waals surface area (Å²) in [6.45, 7) is 4.91. The van der Waals surface area contributed by atoms with Crippen LogP contribution in [0, 0.1) is 5.92 Å². The number of unbranched alkanes of at least 4 members (excludes halogenated alkanes) is 7. The summed E-state index contributed by atoms with van der Waals surface area (Å²) in [6.07, 6.45) is 13.4. The predicted octanol–water partition coefficient (Wildman–Crippen LogP) is 4.90. The molecule has 19 heavy (non-hydrogen) atoms. The first-order chi connectivity index (χ1) is 9.29. The Labute approximate surface area is 119 Å². The average molecular weight is 268 g/mol. The Morgan fingerprint density at radius 3 is 2.11 bits per heavy atom. The van der Waals surface area contributed by atoms with Gasteiger partial charge < -0.3 is 4.74 Å². The van der Waals surface area contributed by atoms with Crippen molar-refractivity contribution < 1.29 is 9.53 Å². The van der Waals surface area contributed by atoms with Gasteiger partial charge in [-0.2, -0.15) is 0 Å². The van der Waals surface area contributed by atoms with E-state index in [1.165, 1.54) is 57.8 Å². The van der Waals surface area contributed by atoms with Gasteiger partial charge in [-0.3, -0.25) is 4.79 Å². The zero-order chi connectivity index (χ0) is 13.9. The van der Waals surface area contributed by atoms with Gasteiger partial charge in [0.15, 0.2) is 5.78 Å². The largest absolute Gasteiger partial charge is 0.370 e. The SMILES string of the molecule is CCCCCCCCCCC(=O)C(OCC)C1CC1. The van der Waals surface area contributed by atoms with Crippen LogP contribution < -0.4 is 0 Å². The highest BCUT2D eigenvalue weighted by Crippen LogP contribution is 2.35. The number of hydrogen-bond donors (Lipinski definition) is 0. The van der Waals surface area contributed by atoms with Crippen molar-refractivity contribution >= 4 is 5.78 Å². The first-order valence-electron chi connectivity index (χ1n) is 8.43. The molecule has 0 aromatic heterocycles. The molecule has 2 heteroatoms. The normalized spacial score (nSPS) is 16.5. The number of Topliss-reactive ketones (excluding diaryl/α,β-unsaturated/α-hetero) is 1. The van der Waals surface area contributed by atoms with Crippen LogP contribution in [-0.4, -0.2) is 18.5 Å². The van der Waals surface area contributed by atoms with Crippen molar-refractivity contribution in [3.8, 4) is 0 Å². The highest BCUT2D eigenvalue weighted by molar-refractivity contribution is 5.83. The summed E-state index contributed by atoms with van der Waals surface area (Å²) in [4.78, 5) is 12.1. The Bertz CT molecular complexity index is 233. The van der Waals surface area contributed by atoms with Gasteiger partial charge in [-0.15, -0.1) is 0 Å². The zero-order valence-corrected chi connectivity index (χ0v) is 13.0. The summed E-state index contributed by atoms with van der Waals surface area (Å²) in [5, 5.41) is 0. The second-order valence-electron chi connectivity index (χ2n) is 5.90. The van der Waals surface area contributed by atoms with Crippen molar-refractivity contribution in [1.82, 2.24) is 0 Å². The summed E-state index contributed by atoms with van der Waals surface area (Å²) in [5.74, 6) is 0.900. The molecule has 1 rings (SSSR count). The quantitative estimate of drug-likeness (QED) is 0.444. The van der Waals surface area contributed by atoms with E-state index in [9.17, 15) is 4.79 Å². The molecule has 0 saturated heterocycles. The summed E-state index contributed by atoms with van der Waals surface area (Å²) in [5.41, 5.74) is 0. The van der Waals surface area contributed by atoms with Crippen LogP contribution in [0.3, 0.4) is 0 Å². The van der Waals surface area contributed by atoms with Crippen LogP contribution in [0.5, 0.6) is 0 Å². The van der Waals surface area contributed by atoms with Crippen molar-refractivity contribution in [1.29, 1.82) is 0 Å². The third-order valence-corrected chi connectivity index (χ3v) is 3.99. The first-order valence-corrected chi connectivity index (χ1v) is 8.43. The number of rotatable bonds is 13.